The second-order valence-electron chi connectivity index (χ2n) is 12.8. The zero-order chi connectivity index (χ0) is 30.5. The number of hydrogen-bond donors (Lipinski definition) is 1. The van der Waals surface area contributed by atoms with Crippen molar-refractivity contribution in [2.45, 2.75) is 55.6 Å². The van der Waals surface area contributed by atoms with Crippen LogP contribution in [0.1, 0.15) is 33.6 Å². The number of piperidine rings is 1. The molecule has 3 aliphatic rings. The van der Waals surface area contributed by atoms with Gasteiger partial charge in [0, 0.05) is 18.5 Å². The Balaban J connectivity index is 1.49. The minimum absolute atomic E-state index is 0.113. The smallest absolute Gasteiger partial charge is 0.261 e. The predicted octanol–water partition coefficient (Wildman–Crippen LogP) is 3.66. The van der Waals surface area contributed by atoms with Gasteiger partial charge in [-0.3, -0.25) is 9.59 Å². The maximum atomic E-state index is 14.5. The molecule has 1 amide bonds. The molecule has 0 aromatic heterocycles. The number of allylic oxidation sites excluding steroid dienone is 1. The molecule has 2 heterocycles. The van der Waals surface area contributed by atoms with E-state index in [9.17, 15) is 18.0 Å². The van der Waals surface area contributed by atoms with Crippen LogP contribution in [0.5, 0.6) is 0 Å². The second-order valence-corrected chi connectivity index (χ2v) is 19.0. The van der Waals surface area contributed by atoms with E-state index in [1.54, 1.807) is 36.4 Å². The van der Waals surface area contributed by atoms with Gasteiger partial charge in [-0.1, -0.05) is 106 Å². The summed E-state index contributed by atoms with van der Waals surface area (Å²) in [6, 6.07) is 27.4. The van der Waals surface area contributed by atoms with Crippen molar-refractivity contribution in [2.75, 3.05) is 13.2 Å². The molecule has 43 heavy (non-hydrogen) atoms. The third kappa shape index (κ3) is 4.56. The van der Waals surface area contributed by atoms with Crippen molar-refractivity contribution in [3.63, 3.8) is 0 Å². The fourth-order valence-electron chi connectivity index (χ4n) is 7.82. The molecule has 1 aliphatic carbocycles. The van der Waals surface area contributed by atoms with Gasteiger partial charge in [-0.15, -0.1) is 0 Å². The molecule has 0 saturated carbocycles. The molecule has 7 nitrogen and oxygen atoms in total. The zero-order valence-electron chi connectivity index (χ0n) is 24.8. The van der Waals surface area contributed by atoms with E-state index in [1.807, 2.05) is 36.4 Å². The van der Waals surface area contributed by atoms with E-state index in [1.165, 1.54) is 4.31 Å². The maximum absolute atomic E-state index is 14.5. The van der Waals surface area contributed by atoms with Crippen molar-refractivity contribution >= 4 is 40.9 Å². The lowest BCUT2D eigenvalue weighted by Crippen LogP contribution is -2.67. The molecule has 2 aliphatic heterocycles. The van der Waals surface area contributed by atoms with Gasteiger partial charge in [0.1, 0.15) is 6.29 Å². The summed E-state index contributed by atoms with van der Waals surface area (Å²) in [6.45, 7) is 7.12. The van der Waals surface area contributed by atoms with E-state index >= 15 is 0 Å². The molecule has 1 N–H and O–H groups in total. The van der Waals surface area contributed by atoms with Crippen LogP contribution in [0.25, 0.3) is 0 Å². The fourth-order valence-corrected chi connectivity index (χ4v) is 14.2. The summed E-state index contributed by atoms with van der Waals surface area (Å²) in [5.41, 5.74) is -0.546. The number of hydrogen-bond acceptors (Lipinski definition) is 5. The Hall–Kier alpha value is -3.37. The van der Waals surface area contributed by atoms with E-state index < -0.39 is 35.8 Å². The summed E-state index contributed by atoms with van der Waals surface area (Å²) < 4.78 is 37.6. The normalized spacial score (nSPS) is 25.9. The highest BCUT2D eigenvalue weighted by atomic mass is 32.2. The topological polar surface area (TPSA) is 92.8 Å². The SMILES string of the molecule is CC(C)(C)[Si](OC[C@H]1C[C@]23C(=O)NCC[C@@H]2C(C=O)=C[C@@H]3N1S(=O)(=O)c1ccccc1)(c1ccccc1)c1ccccc1. The van der Waals surface area contributed by atoms with Gasteiger partial charge in [-0.25, -0.2) is 8.42 Å². The summed E-state index contributed by atoms with van der Waals surface area (Å²) >= 11 is 0. The molecular weight excluding hydrogens is 577 g/mol. The quantitative estimate of drug-likeness (QED) is 0.309. The highest BCUT2D eigenvalue weighted by molar-refractivity contribution is 7.89. The Bertz CT molecular complexity index is 1600. The molecule has 0 unspecified atom stereocenters. The molecule has 9 heteroatoms. The van der Waals surface area contributed by atoms with Crippen LogP contribution in [0.15, 0.2) is 108 Å². The predicted molar refractivity (Wildman–Crippen MR) is 169 cm³/mol. The van der Waals surface area contributed by atoms with E-state index in [4.69, 9.17) is 4.43 Å². The van der Waals surface area contributed by atoms with Gasteiger partial charge in [0.15, 0.2) is 0 Å². The average Bonchev–Trinajstić information content (AvgIpc) is 3.50. The third-order valence-corrected chi connectivity index (χ3v) is 16.6. The van der Waals surface area contributed by atoms with Gasteiger partial charge in [-0.2, -0.15) is 4.31 Å². The van der Waals surface area contributed by atoms with E-state index in [2.05, 4.69) is 50.4 Å². The number of nitrogens with zero attached hydrogens (tertiary/aromatic N) is 1. The Morgan fingerprint density at radius 1 is 0.953 bits per heavy atom. The molecule has 0 bridgehead atoms. The Morgan fingerprint density at radius 2 is 1.51 bits per heavy atom. The van der Waals surface area contributed by atoms with Crippen LogP contribution in [0, 0.1) is 11.3 Å². The summed E-state index contributed by atoms with van der Waals surface area (Å²) in [6.07, 6.45) is 3.39. The highest BCUT2D eigenvalue weighted by Crippen LogP contribution is 2.57. The number of carbonyl (C=O) groups excluding carboxylic acids is 2. The molecule has 2 saturated heterocycles. The largest absolute Gasteiger partial charge is 0.406 e. The number of benzene rings is 3. The summed E-state index contributed by atoms with van der Waals surface area (Å²) in [5, 5.41) is 4.89. The monoisotopic (exact) mass is 614 g/mol. The van der Waals surface area contributed by atoms with Crippen molar-refractivity contribution in [2.24, 2.45) is 11.3 Å². The van der Waals surface area contributed by atoms with Crippen molar-refractivity contribution < 1.29 is 22.4 Å². The molecule has 3 aromatic carbocycles. The van der Waals surface area contributed by atoms with Crippen molar-refractivity contribution in [3.05, 3.63) is 103 Å². The first-order chi connectivity index (χ1) is 20.6. The third-order valence-electron chi connectivity index (χ3n) is 9.61. The van der Waals surface area contributed by atoms with E-state index in [0.29, 0.717) is 18.5 Å². The van der Waals surface area contributed by atoms with Gasteiger partial charge < -0.3 is 9.74 Å². The minimum atomic E-state index is -4.06. The van der Waals surface area contributed by atoms with Gasteiger partial charge in [0.2, 0.25) is 15.9 Å². The number of aldehydes is 1. The summed E-state index contributed by atoms with van der Waals surface area (Å²) in [7, 11) is -7.05. The zero-order valence-corrected chi connectivity index (χ0v) is 26.6. The summed E-state index contributed by atoms with van der Waals surface area (Å²) in [4.78, 5) is 26.1. The van der Waals surface area contributed by atoms with Gasteiger partial charge >= 0.3 is 0 Å². The van der Waals surface area contributed by atoms with E-state index in [0.717, 1.165) is 16.7 Å². The first kappa shape index (κ1) is 29.7. The Morgan fingerprint density at radius 3 is 2.05 bits per heavy atom. The van der Waals surface area contributed by atoms with Crippen molar-refractivity contribution in [1.29, 1.82) is 0 Å². The Kier molecular flexibility index (Phi) is 7.57. The van der Waals surface area contributed by atoms with Crippen LogP contribution >= 0.6 is 0 Å². The first-order valence-corrected chi connectivity index (χ1v) is 18.2. The molecule has 0 radical (unpaired) electrons. The standard InChI is InChI=1S/C34H38N2O5SSi/c1-33(2,3)43(28-15-9-5-10-16-28,29-17-11-6-12-18-29)41-24-26-22-34-30(19-20-35-32(34)38)25(23-37)21-31(34)36(26)42(39,40)27-13-7-4-8-14-27/h4-18,21,23,26,30-31H,19-20,22,24H2,1-3H3,(H,35,38)/t26-,30-,31+,34+/m1/s1. The number of sulfonamides is 1. The maximum Gasteiger partial charge on any atom is 0.261 e. The number of nitrogens with one attached hydrogen (secondary N) is 1. The summed E-state index contributed by atoms with van der Waals surface area (Å²) in [5.74, 6) is -0.529. The lowest BCUT2D eigenvalue weighted by atomic mass is 9.68. The molecule has 1 spiro atoms. The van der Waals surface area contributed by atoms with Crippen LogP contribution < -0.4 is 15.7 Å². The molecular formula is C34H38N2O5SSi. The second kappa shape index (κ2) is 11.0. The van der Waals surface area contributed by atoms with Crippen molar-refractivity contribution in [3.8, 4) is 0 Å². The molecule has 2 fully saturated rings. The number of rotatable bonds is 8. The van der Waals surface area contributed by atoms with Gasteiger partial charge in [-0.05, 0) is 46.0 Å². The fraction of sp³-hybridized carbons (Fsp3) is 0.353. The van der Waals surface area contributed by atoms with Crippen LogP contribution in [0.2, 0.25) is 5.04 Å². The van der Waals surface area contributed by atoms with E-state index in [-0.39, 0.29) is 34.8 Å². The molecule has 4 atom stereocenters. The van der Waals surface area contributed by atoms with Crippen LogP contribution in [0.4, 0.5) is 0 Å². The average molecular weight is 615 g/mol. The first-order valence-electron chi connectivity index (χ1n) is 14.9. The van der Waals surface area contributed by atoms with Gasteiger partial charge in [0.25, 0.3) is 8.32 Å². The molecule has 224 valence electrons. The number of carbonyl (C=O) groups is 2. The van der Waals surface area contributed by atoms with Crippen LogP contribution in [0.3, 0.4) is 0 Å². The lowest BCUT2D eigenvalue weighted by Gasteiger charge is -2.44. The minimum Gasteiger partial charge on any atom is -0.406 e. The molecule has 6 rings (SSSR count). The lowest BCUT2D eigenvalue weighted by molar-refractivity contribution is -0.136. The van der Waals surface area contributed by atoms with Gasteiger partial charge in [0.05, 0.1) is 23.0 Å². The van der Waals surface area contributed by atoms with Crippen molar-refractivity contribution in [1.82, 2.24) is 9.62 Å². The van der Waals surface area contributed by atoms with Crippen LogP contribution in [-0.2, 0) is 24.0 Å². The number of amides is 1. The Labute approximate surface area is 255 Å². The highest BCUT2D eigenvalue weighted by Gasteiger charge is 2.67. The van der Waals surface area contributed by atoms with Crippen LogP contribution in [-0.4, -0.2) is 58.5 Å². The molecule has 3 aromatic rings.